The number of nitrogens with zero attached hydrogens (tertiary/aromatic N) is 1. The van der Waals surface area contributed by atoms with Crippen LogP contribution in [0, 0.1) is 11.8 Å². The summed E-state index contributed by atoms with van der Waals surface area (Å²) in [5.74, 6) is 1.36. The first kappa shape index (κ1) is 17.5. The van der Waals surface area contributed by atoms with E-state index >= 15 is 0 Å². The number of rotatable bonds is 6. The molecular formula is C21H29N3O2. The largest absolute Gasteiger partial charge is 0.355 e. The average Bonchev–Trinajstić information content (AvgIpc) is 3.02. The van der Waals surface area contributed by atoms with Gasteiger partial charge >= 0.3 is 0 Å². The number of fused-ring (bicyclic) bond motifs is 1. The van der Waals surface area contributed by atoms with Crippen LogP contribution in [0.5, 0.6) is 0 Å². The Balaban J connectivity index is 1.40. The van der Waals surface area contributed by atoms with Gasteiger partial charge in [0.25, 0.3) is 0 Å². The quantitative estimate of drug-likeness (QED) is 0.816. The molecule has 3 fully saturated rings. The number of carbonyl (C=O) groups is 2. The number of amides is 2. The molecule has 1 aliphatic carbocycles. The van der Waals surface area contributed by atoms with Crippen molar-refractivity contribution in [2.75, 3.05) is 19.6 Å². The Kier molecular flexibility index (Phi) is 4.51. The van der Waals surface area contributed by atoms with Crippen LogP contribution in [-0.2, 0) is 15.0 Å². The van der Waals surface area contributed by atoms with Crippen molar-refractivity contribution in [3.63, 3.8) is 0 Å². The van der Waals surface area contributed by atoms with E-state index in [9.17, 15) is 9.59 Å². The molecule has 0 spiro atoms. The predicted octanol–water partition coefficient (Wildman–Crippen LogP) is 1.68. The van der Waals surface area contributed by atoms with Crippen LogP contribution in [0.15, 0.2) is 30.3 Å². The summed E-state index contributed by atoms with van der Waals surface area (Å²) in [5.41, 5.74) is 0.668. The second kappa shape index (κ2) is 6.69. The Morgan fingerprint density at radius 2 is 1.85 bits per heavy atom. The first-order chi connectivity index (χ1) is 12.6. The molecule has 5 heteroatoms. The van der Waals surface area contributed by atoms with Crippen LogP contribution in [0.4, 0.5) is 0 Å². The molecule has 4 atom stereocenters. The topological polar surface area (TPSA) is 61.4 Å². The second-order valence-corrected chi connectivity index (χ2v) is 8.03. The lowest BCUT2D eigenvalue weighted by atomic mass is 9.75. The van der Waals surface area contributed by atoms with E-state index in [1.54, 1.807) is 0 Å². The molecule has 0 bridgehead atoms. The van der Waals surface area contributed by atoms with Gasteiger partial charge in [-0.05, 0) is 36.7 Å². The number of hydrogen-bond acceptors (Lipinski definition) is 3. The summed E-state index contributed by atoms with van der Waals surface area (Å²) in [6, 6.07) is 10.5. The molecule has 2 unspecified atom stereocenters. The summed E-state index contributed by atoms with van der Waals surface area (Å²) in [5, 5.41) is 6.28. The normalized spacial score (nSPS) is 30.8. The van der Waals surface area contributed by atoms with Crippen molar-refractivity contribution >= 4 is 11.8 Å². The SMILES string of the molecule is CCC(CC)(C(=O)NC1[C@H]2CN(C3CCNC3=O)C[C@@H]12)c1ccccc1. The van der Waals surface area contributed by atoms with Gasteiger partial charge in [-0.25, -0.2) is 0 Å². The van der Waals surface area contributed by atoms with Gasteiger partial charge in [0.2, 0.25) is 11.8 Å². The van der Waals surface area contributed by atoms with Crippen molar-refractivity contribution in [2.24, 2.45) is 11.8 Å². The highest BCUT2D eigenvalue weighted by molar-refractivity contribution is 5.89. The minimum atomic E-state index is -0.441. The van der Waals surface area contributed by atoms with E-state index in [4.69, 9.17) is 0 Å². The van der Waals surface area contributed by atoms with Gasteiger partial charge in [0.1, 0.15) is 0 Å². The summed E-state index contributed by atoms with van der Waals surface area (Å²) >= 11 is 0. The lowest BCUT2D eigenvalue weighted by molar-refractivity contribution is -0.128. The van der Waals surface area contributed by atoms with Crippen LogP contribution in [0.25, 0.3) is 0 Å². The van der Waals surface area contributed by atoms with Crippen molar-refractivity contribution in [3.8, 4) is 0 Å². The predicted molar refractivity (Wildman–Crippen MR) is 101 cm³/mol. The lowest BCUT2D eigenvalue weighted by Gasteiger charge is -2.32. The highest BCUT2D eigenvalue weighted by atomic mass is 16.2. The third kappa shape index (κ3) is 2.73. The molecule has 140 valence electrons. The number of nitrogens with one attached hydrogen (secondary N) is 2. The van der Waals surface area contributed by atoms with E-state index in [1.807, 2.05) is 18.2 Å². The molecule has 5 nitrogen and oxygen atoms in total. The highest BCUT2D eigenvalue weighted by Gasteiger charge is 2.59. The Bertz CT molecular complexity index is 674. The zero-order valence-corrected chi connectivity index (χ0v) is 15.7. The van der Waals surface area contributed by atoms with Gasteiger partial charge in [0.15, 0.2) is 0 Å². The summed E-state index contributed by atoms with van der Waals surface area (Å²) in [4.78, 5) is 27.4. The molecule has 3 aliphatic rings. The van der Waals surface area contributed by atoms with Crippen molar-refractivity contribution in [2.45, 2.75) is 50.6 Å². The highest BCUT2D eigenvalue weighted by Crippen LogP contribution is 2.47. The first-order valence-corrected chi connectivity index (χ1v) is 9.99. The smallest absolute Gasteiger partial charge is 0.237 e. The molecule has 1 aromatic rings. The number of hydrogen-bond donors (Lipinski definition) is 2. The van der Waals surface area contributed by atoms with E-state index in [0.717, 1.165) is 44.5 Å². The molecule has 0 aromatic heterocycles. The summed E-state index contributed by atoms with van der Waals surface area (Å²) < 4.78 is 0. The molecule has 2 saturated heterocycles. The van der Waals surface area contributed by atoms with Gasteiger partial charge in [-0.2, -0.15) is 0 Å². The van der Waals surface area contributed by atoms with Crippen LogP contribution in [0.3, 0.4) is 0 Å². The molecular weight excluding hydrogens is 326 g/mol. The lowest BCUT2D eigenvalue weighted by Crippen LogP contribution is -2.48. The fraction of sp³-hybridized carbons (Fsp3) is 0.619. The van der Waals surface area contributed by atoms with Gasteiger partial charge in [0, 0.05) is 25.7 Å². The van der Waals surface area contributed by atoms with Crippen molar-refractivity contribution < 1.29 is 9.59 Å². The Labute approximate surface area is 155 Å². The summed E-state index contributed by atoms with van der Waals surface area (Å²) in [6.07, 6.45) is 2.52. The molecule has 1 aromatic carbocycles. The van der Waals surface area contributed by atoms with Crippen LogP contribution < -0.4 is 10.6 Å². The fourth-order valence-electron chi connectivity index (χ4n) is 5.11. The van der Waals surface area contributed by atoms with Gasteiger partial charge in [0.05, 0.1) is 11.5 Å². The number of likely N-dealkylation sites (tertiary alicyclic amines) is 1. The Morgan fingerprint density at radius 3 is 2.38 bits per heavy atom. The van der Waals surface area contributed by atoms with Gasteiger partial charge in [-0.1, -0.05) is 44.2 Å². The first-order valence-electron chi connectivity index (χ1n) is 9.99. The monoisotopic (exact) mass is 355 g/mol. The summed E-state index contributed by atoms with van der Waals surface area (Å²) in [6.45, 7) is 6.87. The van der Waals surface area contributed by atoms with Crippen LogP contribution in [-0.4, -0.2) is 48.4 Å². The van der Waals surface area contributed by atoms with Crippen LogP contribution in [0.2, 0.25) is 0 Å². The average molecular weight is 355 g/mol. The Morgan fingerprint density at radius 1 is 1.19 bits per heavy atom. The van der Waals surface area contributed by atoms with Crippen LogP contribution in [0.1, 0.15) is 38.7 Å². The second-order valence-electron chi connectivity index (χ2n) is 8.03. The van der Waals surface area contributed by atoms with E-state index in [0.29, 0.717) is 11.8 Å². The molecule has 2 N–H and O–H groups in total. The van der Waals surface area contributed by atoms with E-state index < -0.39 is 5.41 Å². The number of carbonyl (C=O) groups excluding carboxylic acids is 2. The molecule has 2 amide bonds. The number of benzene rings is 1. The van der Waals surface area contributed by atoms with Gasteiger partial charge in [-0.15, -0.1) is 0 Å². The maximum Gasteiger partial charge on any atom is 0.237 e. The maximum absolute atomic E-state index is 13.2. The molecule has 4 rings (SSSR count). The fourth-order valence-corrected chi connectivity index (χ4v) is 5.11. The zero-order chi connectivity index (χ0) is 18.3. The molecule has 2 heterocycles. The zero-order valence-electron chi connectivity index (χ0n) is 15.7. The summed E-state index contributed by atoms with van der Waals surface area (Å²) in [7, 11) is 0. The third-order valence-electron chi connectivity index (χ3n) is 6.95. The van der Waals surface area contributed by atoms with E-state index in [1.165, 1.54) is 0 Å². The standard InChI is InChI=1S/C21H29N3O2/c1-3-21(4-2,14-8-6-5-7-9-14)20(26)23-18-15-12-24(13-16(15)18)17-10-11-22-19(17)25/h5-9,15-18H,3-4,10-13H2,1-2H3,(H,22,25)(H,23,26)/t15-,16+,17?,18?. The van der Waals surface area contributed by atoms with E-state index in [2.05, 4.69) is 41.5 Å². The van der Waals surface area contributed by atoms with E-state index in [-0.39, 0.29) is 23.9 Å². The third-order valence-corrected chi connectivity index (χ3v) is 6.95. The minimum Gasteiger partial charge on any atom is -0.355 e. The van der Waals surface area contributed by atoms with Gasteiger partial charge < -0.3 is 10.6 Å². The molecule has 2 aliphatic heterocycles. The molecule has 1 saturated carbocycles. The Hall–Kier alpha value is -1.88. The van der Waals surface area contributed by atoms with Crippen molar-refractivity contribution in [3.05, 3.63) is 35.9 Å². The minimum absolute atomic E-state index is 0.0499. The maximum atomic E-state index is 13.2. The molecule has 26 heavy (non-hydrogen) atoms. The number of piperidine rings is 1. The van der Waals surface area contributed by atoms with Gasteiger partial charge in [-0.3, -0.25) is 14.5 Å². The van der Waals surface area contributed by atoms with Crippen molar-refractivity contribution in [1.29, 1.82) is 0 Å². The molecule has 0 radical (unpaired) electrons. The van der Waals surface area contributed by atoms with Crippen molar-refractivity contribution in [1.82, 2.24) is 15.5 Å². The van der Waals surface area contributed by atoms with Crippen LogP contribution >= 0.6 is 0 Å².